The van der Waals surface area contributed by atoms with Crippen LogP contribution < -0.4 is 10.6 Å². The van der Waals surface area contributed by atoms with Gasteiger partial charge in [0.25, 0.3) is 5.91 Å². The maximum Gasteiger partial charge on any atom is 0.257 e. The topological polar surface area (TPSA) is 50.4 Å². The third kappa shape index (κ3) is 1.58. The maximum absolute atomic E-state index is 11.4. The van der Waals surface area contributed by atoms with E-state index >= 15 is 0 Å². The second-order valence-corrected chi connectivity index (χ2v) is 3.21. The molecule has 1 amide bonds. The summed E-state index contributed by atoms with van der Waals surface area (Å²) < 4.78 is 5.37. The molecule has 0 bridgehead atoms. The van der Waals surface area contributed by atoms with E-state index in [9.17, 15) is 4.79 Å². The van der Waals surface area contributed by atoms with E-state index in [-0.39, 0.29) is 5.91 Å². The van der Waals surface area contributed by atoms with Gasteiger partial charge in [-0.25, -0.2) is 0 Å². The van der Waals surface area contributed by atoms with Crippen LogP contribution in [0.25, 0.3) is 0 Å². The first-order valence-electron chi connectivity index (χ1n) is 4.30. The van der Waals surface area contributed by atoms with Crippen molar-refractivity contribution in [3.8, 4) is 0 Å². The van der Waals surface area contributed by atoms with Gasteiger partial charge in [0.15, 0.2) is 6.10 Å². The van der Waals surface area contributed by atoms with Crippen molar-refractivity contribution in [2.24, 2.45) is 0 Å². The molecule has 1 atom stereocenters. The minimum Gasteiger partial charge on any atom is -0.391 e. The van der Waals surface area contributed by atoms with Gasteiger partial charge < -0.3 is 15.4 Å². The number of hydrogen-bond acceptors (Lipinski definition) is 3. The first-order valence-corrected chi connectivity index (χ1v) is 4.30. The lowest BCUT2D eigenvalue weighted by Gasteiger charge is -2.24. The Labute approximate surface area is 76.6 Å². The van der Waals surface area contributed by atoms with Crippen molar-refractivity contribution in [3.63, 3.8) is 0 Å². The highest BCUT2D eigenvalue weighted by molar-refractivity contribution is 5.86. The smallest absolute Gasteiger partial charge is 0.257 e. The molecule has 4 nitrogen and oxygen atoms in total. The molecule has 0 aromatic carbocycles. The summed E-state index contributed by atoms with van der Waals surface area (Å²) in [5.41, 5.74) is 1.65. The van der Waals surface area contributed by atoms with Crippen LogP contribution in [0.2, 0.25) is 0 Å². The lowest BCUT2D eigenvalue weighted by Crippen LogP contribution is -2.43. The van der Waals surface area contributed by atoms with Gasteiger partial charge in [-0.15, -0.1) is 0 Å². The Hall–Kier alpha value is -1.29. The van der Waals surface area contributed by atoms with Crippen molar-refractivity contribution < 1.29 is 9.53 Å². The fourth-order valence-corrected chi connectivity index (χ4v) is 1.51. The molecule has 2 heterocycles. The van der Waals surface area contributed by atoms with Crippen molar-refractivity contribution in [3.05, 3.63) is 24.0 Å². The number of amides is 1. The Kier molecular flexibility index (Phi) is 2.06. The van der Waals surface area contributed by atoms with Crippen LogP contribution in [0.1, 0.15) is 6.42 Å². The molecule has 70 valence electrons. The second-order valence-electron chi connectivity index (χ2n) is 3.21. The van der Waals surface area contributed by atoms with Crippen molar-refractivity contribution in [2.75, 3.05) is 13.2 Å². The molecule has 0 spiro atoms. The van der Waals surface area contributed by atoms with E-state index in [0.717, 1.165) is 18.5 Å². The third-order valence-corrected chi connectivity index (χ3v) is 2.14. The molecule has 2 rings (SSSR count). The molecule has 1 unspecified atom stereocenters. The molecule has 13 heavy (non-hydrogen) atoms. The van der Waals surface area contributed by atoms with Crippen LogP contribution in [0, 0.1) is 0 Å². The normalized spacial score (nSPS) is 28.0. The molecule has 0 aromatic rings. The summed E-state index contributed by atoms with van der Waals surface area (Å²) in [6.07, 6.45) is 2.32. The van der Waals surface area contributed by atoms with Gasteiger partial charge in [0.1, 0.15) is 0 Å². The van der Waals surface area contributed by atoms with Crippen LogP contribution in [-0.4, -0.2) is 25.2 Å². The van der Waals surface area contributed by atoms with E-state index < -0.39 is 6.10 Å². The van der Waals surface area contributed by atoms with E-state index in [0.29, 0.717) is 12.3 Å². The molecule has 0 saturated carbocycles. The highest BCUT2D eigenvalue weighted by atomic mass is 16.5. The molecule has 4 heteroatoms. The molecule has 2 aliphatic heterocycles. The van der Waals surface area contributed by atoms with Gasteiger partial charge >= 0.3 is 0 Å². The highest BCUT2D eigenvalue weighted by Crippen LogP contribution is 2.17. The van der Waals surface area contributed by atoms with Gasteiger partial charge in [0.2, 0.25) is 0 Å². The number of hydrogen-bond donors (Lipinski definition) is 2. The van der Waals surface area contributed by atoms with Gasteiger partial charge in [0, 0.05) is 12.2 Å². The summed E-state index contributed by atoms with van der Waals surface area (Å²) in [5, 5.41) is 5.74. The molecule has 2 N–H and O–H groups in total. The van der Waals surface area contributed by atoms with Crippen LogP contribution in [0.15, 0.2) is 24.0 Å². The van der Waals surface area contributed by atoms with E-state index in [1.165, 1.54) is 0 Å². The van der Waals surface area contributed by atoms with Crippen molar-refractivity contribution in [2.45, 2.75) is 12.5 Å². The Morgan fingerprint density at radius 1 is 1.62 bits per heavy atom. The standard InChI is InChI=1S/C9H12N2O2/c1-6-5-13-8(9(12)11-6)7-2-3-10-4-7/h4,8,10H,1-3,5H2,(H,11,12). The minimum atomic E-state index is -0.416. The van der Waals surface area contributed by atoms with Gasteiger partial charge in [-0.05, 0) is 18.2 Å². The average molecular weight is 180 g/mol. The van der Waals surface area contributed by atoms with Crippen LogP contribution >= 0.6 is 0 Å². The first-order chi connectivity index (χ1) is 6.27. The van der Waals surface area contributed by atoms with Crippen molar-refractivity contribution in [1.29, 1.82) is 0 Å². The van der Waals surface area contributed by atoms with Gasteiger partial charge in [-0.3, -0.25) is 4.79 Å². The quantitative estimate of drug-likeness (QED) is 0.592. The SMILES string of the molecule is C=C1COC(C2=CNCC2)C(=O)N1. The molecule has 1 saturated heterocycles. The molecule has 1 fully saturated rings. The zero-order valence-corrected chi connectivity index (χ0v) is 7.30. The molecule has 0 radical (unpaired) electrons. The second kappa shape index (κ2) is 3.22. The van der Waals surface area contributed by atoms with E-state index in [1.54, 1.807) is 0 Å². The van der Waals surface area contributed by atoms with Crippen LogP contribution in [0.4, 0.5) is 0 Å². The molecule has 2 aliphatic rings. The maximum atomic E-state index is 11.4. The largest absolute Gasteiger partial charge is 0.391 e. The summed E-state index contributed by atoms with van der Waals surface area (Å²) >= 11 is 0. The van der Waals surface area contributed by atoms with Gasteiger partial charge in [0.05, 0.1) is 6.61 Å². The number of ether oxygens (including phenoxy) is 1. The summed E-state index contributed by atoms with van der Waals surface area (Å²) in [6, 6.07) is 0. The number of carbonyl (C=O) groups excluding carboxylic acids is 1. The van der Waals surface area contributed by atoms with Gasteiger partial charge in [-0.1, -0.05) is 6.58 Å². The van der Waals surface area contributed by atoms with Crippen LogP contribution in [0.5, 0.6) is 0 Å². The molecular formula is C9H12N2O2. The monoisotopic (exact) mass is 180 g/mol. The van der Waals surface area contributed by atoms with Crippen LogP contribution in [0.3, 0.4) is 0 Å². The van der Waals surface area contributed by atoms with Crippen molar-refractivity contribution in [1.82, 2.24) is 10.6 Å². The first kappa shape index (κ1) is 8.31. The number of carbonyl (C=O) groups is 1. The summed E-state index contributed by atoms with van der Waals surface area (Å²) in [5.74, 6) is -0.105. The Morgan fingerprint density at radius 2 is 2.46 bits per heavy atom. The summed E-state index contributed by atoms with van der Waals surface area (Å²) in [7, 11) is 0. The van der Waals surface area contributed by atoms with E-state index in [4.69, 9.17) is 4.74 Å². The van der Waals surface area contributed by atoms with E-state index in [1.807, 2.05) is 6.20 Å². The predicted octanol–water partition coefficient (Wildman–Crippen LogP) is -0.108. The molecular weight excluding hydrogens is 168 g/mol. The Bertz CT molecular complexity index is 283. The van der Waals surface area contributed by atoms with Crippen molar-refractivity contribution >= 4 is 5.91 Å². The Morgan fingerprint density at radius 3 is 3.08 bits per heavy atom. The highest BCUT2D eigenvalue weighted by Gasteiger charge is 2.29. The number of rotatable bonds is 1. The minimum absolute atomic E-state index is 0.105. The van der Waals surface area contributed by atoms with Gasteiger partial charge in [-0.2, -0.15) is 0 Å². The lowest BCUT2D eigenvalue weighted by atomic mass is 10.1. The summed E-state index contributed by atoms with van der Waals surface area (Å²) in [6.45, 7) is 4.94. The van der Waals surface area contributed by atoms with E-state index in [2.05, 4.69) is 17.2 Å². The van der Waals surface area contributed by atoms with Crippen LogP contribution in [-0.2, 0) is 9.53 Å². The fraction of sp³-hybridized carbons (Fsp3) is 0.444. The zero-order valence-electron chi connectivity index (χ0n) is 7.30. The number of morpholine rings is 1. The number of nitrogens with one attached hydrogen (secondary N) is 2. The summed E-state index contributed by atoms with van der Waals surface area (Å²) in [4.78, 5) is 11.4. The zero-order chi connectivity index (χ0) is 9.26. The average Bonchev–Trinajstić information content (AvgIpc) is 2.56. The molecule has 0 aliphatic carbocycles. The fourth-order valence-electron chi connectivity index (χ4n) is 1.51. The Balaban J connectivity index is 2.07. The predicted molar refractivity (Wildman–Crippen MR) is 47.7 cm³/mol. The third-order valence-electron chi connectivity index (χ3n) is 2.14. The molecule has 0 aromatic heterocycles. The lowest BCUT2D eigenvalue weighted by molar-refractivity contribution is -0.132.